The Hall–Kier alpha value is -1.06. The van der Waals surface area contributed by atoms with E-state index in [2.05, 4.69) is 38.2 Å². The van der Waals surface area contributed by atoms with Gasteiger partial charge in [0.25, 0.3) is 0 Å². The van der Waals surface area contributed by atoms with Gasteiger partial charge in [0, 0.05) is 15.8 Å². The lowest BCUT2D eigenvalue weighted by Gasteiger charge is -2.17. The highest BCUT2D eigenvalue weighted by Gasteiger charge is 2.14. The number of nitrogens with one attached hydrogen (secondary N) is 1. The van der Waals surface area contributed by atoms with Crippen molar-refractivity contribution in [3.8, 4) is 0 Å². The summed E-state index contributed by atoms with van der Waals surface area (Å²) in [6.45, 7) is 6.52. The molecule has 0 saturated carbocycles. The molecule has 17 heavy (non-hydrogen) atoms. The number of hydrogen-bond donors (Lipinski definition) is 1. The quantitative estimate of drug-likeness (QED) is 0.854. The fourth-order valence-corrected chi connectivity index (χ4v) is 2.86. The van der Waals surface area contributed by atoms with Crippen molar-refractivity contribution in [1.82, 2.24) is 5.32 Å². The minimum Gasteiger partial charge on any atom is -0.468 e. The number of thiophene rings is 1. The Morgan fingerprint density at radius 2 is 2.06 bits per heavy atom. The van der Waals surface area contributed by atoms with Gasteiger partial charge < -0.3 is 9.73 Å². The van der Waals surface area contributed by atoms with Gasteiger partial charge in [0.15, 0.2) is 0 Å². The summed E-state index contributed by atoms with van der Waals surface area (Å²) in [5.41, 5.74) is 0. The van der Waals surface area contributed by atoms with E-state index in [0.717, 1.165) is 12.2 Å². The molecule has 0 bridgehead atoms. The summed E-state index contributed by atoms with van der Waals surface area (Å²) in [6, 6.07) is 8.98. The van der Waals surface area contributed by atoms with Crippen LogP contribution in [0.4, 0.5) is 0 Å². The molecule has 2 aromatic heterocycles. The minimum absolute atomic E-state index is 0.243. The topological polar surface area (TPSA) is 25.2 Å². The zero-order chi connectivity index (χ0) is 12.3. The Bertz CT molecular complexity index is 446. The Kier molecular flexibility index (Phi) is 4.02. The van der Waals surface area contributed by atoms with Crippen LogP contribution in [0.25, 0.3) is 0 Å². The molecule has 0 aliphatic heterocycles. The molecule has 0 saturated heterocycles. The van der Waals surface area contributed by atoms with Gasteiger partial charge >= 0.3 is 0 Å². The molecule has 0 aromatic carbocycles. The van der Waals surface area contributed by atoms with Crippen LogP contribution in [0.1, 0.15) is 48.4 Å². The molecule has 1 unspecified atom stereocenters. The van der Waals surface area contributed by atoms with E-state index in [-0.39, 0.29) is 6.04 Å². The van der Waals surface area contributed by atoms with E-state index in [4.69, 9.17) is 4.42 Å². The van der Waals surface area contributed by atoms with Crippen LogP contribution in [0.5, 0.6) is 0 Å². The summed E-state index contributed by atoms with van der Waals surface area (Å²) in [6.07, 6.45) is 2.84. The maximum atomic E-state index is 5.40. The average Bonchev–Trinajstić information content (AvgIpc) is 3.00. The van der Waals surface area contributed by atoms with Gasteiger partial charge in [0.2, 0.25) is 0 Å². The number of furan rings is 1. The van der Waals surface area contributed by atoms with Crippen molar-refractivity contribution < 1.29 is 4.42 Å². The van der Waals surface area contributed by atoms with Crippen molar-refractivity contribution in [1.29, 1.82) is 0 Å². The number of aryl methyl sites for hydroxylation is 1. The zero-order valence-electron chi connectivity index (χ0n) is 10.6. The molecule has 0 amide bonds. The van der Waals surface area contributed by atoms with Crippen LogP contribution >= 0.6 is 11.3 Å². The molecule has 0 fully saturated rings. The third-order valence-electron chi connectivity index (χ3n) is 2.93. The van der Waals surface area contributed by atoms with Gasteiger partial charge in [-0.2, -0.15) is 0 Å². The van der Waals surface area contributed by atoms with Crippen LogP contribution in [-0.2, 0) is 6.42 Å². The van der Waals surface area contributed by atoms with Crippen LogP contribution in [0, 0.1) is 0 Å². The predicted molar refractivity (Wildman–Crippen MR) is 72.4 cm³/mol. The van der Waals surface area contributed by atoms with Crippen LogP contribution < -0.4 is 5.32 Å². The van der Waals surface area contributed by atoms with E-state index < -0.39 is 0 Å². The smallest absolute Gasteiger partial charge is 0.120 e. The molecule has 0 spiro atoms. The fourth-order valence-electron chi connectivity index (χ4n) is 1.89. The average molecular weight is 249 g/mol. The predicted octanol–water partition coefficient (Wildman–Crippen LogP) is 4.32. The van der Waals surface area contributed by atoms with Crippen LogP contribution in [0.2, 0.25) is 0 Å². The normalized spacial score (nSPS) is 14.8. The highest BCUT2D eigenvalue weighted by Crippen LogP contribution is 2.26. The van der Waals surface area contributed by atoms with Gasteiger partial charge in [-0.1, -0.05) is 6.92 Å². The Morgan fingerprint density at radius 1 is 1.24 bits per heavy atom. The molecule has 2 atom stereocenters. The van der Waals surface area contributed by atoms with Gasteiger partial charge in [-0.3, -0.25) is 0 Å². The molecule has 0 radical (unpaired) electrons. The van der Waals surface area contributed by atoms with E-state index in [1.807, 2.05) is 23.5 Å². The first-order valence-electron chi connectivity index (χ1n) is 6.08. The Balaban J connectivity index is 1.99. The molecular formula is C14H19NOS. The molecule has 2 aromatic rings. The second-order valence-electron chi connectivity index (χ2n) is 4.28. The first kappa shape index (κ1) is 12.4. The Labute approximate surface area is 107 Å². The van der Waals surface area contributed by atoms with Crippen LogP contribution in [0.15, 0.2) is 34.9 Å². The van der Waals surface area contributed by atoms with E-state index in [1.54, 1.807) is 6.26 Å². The molecule has 0 aliphatic rings. The van der Waals surface area contributed by atoms with E-state index in [1.165, 1.54) is 9.75 Å². The zero-order valence-corrected chi connectivity index (χ0v) is 11.4. The van der Waals surface area contributed by atoms with Crippen molar-refractivity contribution in [2.75, 3.05) is 0 Å². The SMILES string of the molecule is CCc1ccc(C(C)N[C@@H](C)c2ccco2)s1. The maximum absolute atomic E-state index is 5.40. The summed E-state index contributed by atoms with van der Waals surface area (Å²) in [4.78, 5) is 2.83. The molecular weight excluding hydrogens is 230 g/mol. The van der Waals surface area contributed by atoms with Gasteiger partial charge in [-0.25, -0.2) is 0 Å². The lowest BCUT2D eigenvalue weighted by Crippen LogP contribution is -2.21. The standard InChI is InChI=1S/C14H19NOS/c1-4-12-7-8-14(17-12)11(3)15-10(2)13-6-5-9-16-13/h5-11,15H,4H2,1-3H3/t10-,11?/m0/s1. The summed E-state index contributed by atoms with van der Waals surface area (Å²) in [7, 11) is 0. The Morgan fingerprint density at radius 3 is 2.65 bits per heavy atom. The molecule has 0 aliphatic carbocycles. The van der Waals surface area contributed by atoms with Crippen molar-refractivity contribution in [2.45, 2.75) is 39.3 Å². The minimum atomic E-state index is 0.243. The summed E-state index contributed by atoms with van der Waals surface area (Å²) in [5, 5.41) is 3.55. The largest absolute Gasteiger partial charge is 0.468 e. The molecule has 2 rings (SSSR count). The van der Waals surface area contributed by atoms with Gasteiger partial charge in [-0.05, 0) is 44.5 Å². The summed E-state index contributed by atoms with van der Waals surface area (Å²) < 4.78 is 5.40. The number of rotatable bonds is 5. The lowest BCUT2D eigenvalue weighted by atomic mass is 10.2. The fraction of sp³-hybridized carbons (Fsp3) is 0.429. The van der Waals surface area contributed by atoms with Crippen molar-refractivity contribution in [3.63, 3.8) is 0 Å². The van der Waals surface area contributed by atoms with Crippen molar-refractivity contribution in [2.24, 2.45) is 0 Å². The molecule has 2 heterocycles. The van der Waals surface area contributed by atoms with Crippen LogP contribution in [-0.4, -0.2) is 0 Å². The molecule has 1 N–H and O–H groups in total. The maximum Gasteiger partial charge on any atom is 0.120 e. The second kappa shape index (κ2) is 5.52. The summed E-state index contributed by atoms with van der Waals surface area (Å²) >= 11 is 1.89. The second-order valence-corrected chi connectivity index (χ2v) is 5.48. The highest BCUT2D eigenvalue weighted by molar-refractivity contribution is 7.12. The van der Waals surface area contributed by atoms with Crippen LogP contribution in [0.3, 0.4) is 0 Å². The molecule has 92 valence electrons. The number of hydrogen-bond acceptors (Lipinski definition) is 3. The van der Waals surface area contributed by atoms with E-state index in [9.17, 15) is 0 Å². The van der Waals surface area contributed by atoms with Crippen molar-refractivity contribution >= 4 is 11.3 Å². The van der Waals surface area contributed by atoms with Gasteiger partial charge in [-0.15, -0.1) is 11.3 Å². The third kappa shape index (κ3) is 2.99. The van der Waals surface area contributed by atoms with E-state index in [0.29, 0.717) is 6.04 Å². The van der Waals surface area contributed by atoms with Crippen molar-refractivity contribution in [3.05, 3.63) is 46.0 Å². The highest BCUT2D eigenvalue weighted by atomic mass is 32.1. The van der Waals surface area contributed by atoms with Gasteiger partial charge in [0.1, 0.15) is 5.76 Å². The third-order valence-corrected chi connectivity index (χ3v) is 4.34. The monoisotopic (exact) mass is 249 g/mol. The first-order valence-corrected chi connectivity index (χ1v) is 6.90. The summed E-state index contributed by atoms with van der Waals surface area (Å²) in [5.74, 6) is 0.990. The van der Waals surface area contributed by atoms with E-state index >= 15 is 0 Å². The molecule has 3 heteroatoms. The lowest BCUT2D eigenvalue weighted by molar-refractivity contribution is 0.405. The van der Waals surface area contributed by atoms with Gasteiger partial charge in [0.05, 0.1) is 12.3 Å². The molecule has 2 nitrogen and oxygen atoms in total. The first-order chi connectivity index (χ1) is 8.20.